The van der Waals surface area contributed by atoms with E-state index in [-0.39, 0.29) is 0 Å². The maximum absolute atomic E-state index is 4.00. The summed E-state index contributed by atoms with van der Waals surface area (Å²) >= 11 is 1.93. The van der Waals surface area contributed by atoms with Crippen molar-refractivity contribution in [1.29, 1.82) is 0 Å². The number of thiophene rings is 1. The van der Waals surface area contributed by atoms with E-state index in [2.05, 4.69) is 36.7 Å². The minimum atomic E-state index is 0.646. The van der Waals surface area contributed by atoms with Gasteiger partial charge in [0.05, 0.1) is 0 Å². The van der Waals surface area contributed by atoms with Gasteiger partial charge in [0, 0.05) is 17.0 Å². The summed E-state index contributed by atoms with van der Waals surface area (Å²) in [5.74, 6) is 2.72. The lowest BCUT2D eigenvalue weighted by molar-refractivity contribution is 0.311. The van der Waals surface area contributed by atoms with E-state index in [1.165, 1.54) is 32.1 Å². The smallest absolute Gasteiger partial charge is 0.0445 e. The van der Waals surface area contributed by atoms with E-state index in [1.54, 1.807) is 4.88 Å². The highest BCUT2D eigenvalue weighted by atomic mass is 32.1. The summed E-state index contributed by atoms with van der Waals surface area (Å²) in [4.78, 5) is 1.56. The summed E-state index contributed by atoms with van der Waals surface area (Å²) in [5.41, 5.74) is 0. The number of nitrogens with one attached hydrogen (secondary N) is 1. The molecule has 1 nitrogen and oxygen atoms in total. The molecule has 4 unspecified atom stereocenters. The van der Waals surface area contributed by atoms with Crippen LogP contribution in [0.3, 0.4) is 0 Å². The molecular formula is C16H25NS. The first kappa shape index (κ1) is 12.7. The Labute approximate surface area is 115 Å². The molecule has 1 N–H and O–H groups in total. The Hall–Kier alpha value is -0.340. The molecule has 0 spiro atoms. The fourth-order valence-electron chi connectivity index (χ4n) is 3.64. The third-order valence-corrected chi connectivity index (χ3v) is 6.04. The van der Waals surface area contributed by atoms with Gasteiger partial charge in [0.25, 0.3) is 0 Å². The van der Waals surface area contributed by atoms with Gasteiger partial charge in [-0.15, -0.1) is 11.3 Å². The molecule has 2 aliphatic carbocycles. The third-order valence-electron chi connectivity index (χ3n) is 5.09. The Morgan fingerprint density at radius 2 is 2.17 bits per heavy atom. The van der Waals surface area contributed by atoms with Gasteiger partial charge in [-0.2, -0.15) is 0 Å². The SMILES string of the molecule is CCC1CCC(NC(c2cccs2)C2CC2)C1C. The lowest BCUT2D eigenvalue weighted by Gasteiger charge is -2.26. The van der Waals surface area contributed by atoms with Gasteiger partial charge in [-0.1, -0.05) is 26.3 Å². The normalized spacial score (nSPS) is 33.8. The molecule has 2 fully saturated rings. The molecule has 1 heterocycles. The lowest BCUT2D eigenvalue weighted by Crippen LogP contribution is -2.36. The van der Waals surface area contributed by atoms with Crippen molar-refractivity contribution in [2.45, 2.75) is 58.0 Å². The Bertz CT molecular complexity index is 368. The van der Waals surface area contributed by atoms with Crippen LogP contribution >= 0.6 is 11.3 Å². The molecule has 0 amide bonds. The Kier molecular flexibility index (Phi) is 3.76. The van der Waals surface area contributed by atoms with Gasteiger partial charge in [-0.3, -0.25) is 0 Å². The standard InChI is InChI=1S/C16H25NS/c1-3-12-8-9-14(11(12)2)17-16(13-6-7-13)15-5-4-10-18-15/h4-5,10-14,16-17H,3,6-9H2,1-2H3. The second-order valence-electron chi connectivity index (χ2n) is 6.21. The quantitative estimate of drug-likeness (QED) is 0.818. The van der Waals surface area contributed by atoms with Crippen LogP contribution in [0.2, 0.25) is 0 Å². The van der Waals surface area contributed by atoms with Crippen molar-refractivity contribution in [3.8, 4) is 0 Å². The Balaban J connectivity index is 1.67. The molecule has 0 aromatic carbocycles. The Morgan fingerprint density at radius 3 is 2.72 bits per heavy atom. The fourth-order valence-corrected chi connectivity index (χ4v) is 4.52. The maximum atomic E-state index is 4.00. The van der Waals surface area contributed by atoms with Crippen LogP contribution in [0.4, 0.5) is 0 Å². The van der Waals surface area contributed by atoms with Gasteiger partial charge in [-0.25, -0.2) is 0 Å². The van der Waals surface area contributed by atoms with Crippen molar-refractivity contribution in [3.63, 3.8) is 0 Å². The zero-order valence-electron chi connectivity index (χ0n) is 11.6. The van der Waals surface area contributed by atoms with Gasteiger partial charge >= 0.3 is 0 Å². The molecule has 3 rings (SSSR count). The average molecular weight is 263 g/mol. The zero-order valence-corrected chi connectivity index (χ0v) is 12.4. The first-order valence-corrected chi connectivity index (χ1v) is 8.47. The summed E-state index contributed by atoms with van der Waals surface area (Å²) in [5, 5.41) is 6.23. The highest BCUT2D eigenvalue weighted by Crippen LogP contribution is 2.44. The van der Waals surface area contributed by atoms with Gasteiger partial charge in [0.2, 0.25) is 0 Å². The minimum absolute atomic E-state index is 0.646. The predicted octanol–water partition coefficient (Wildman–Crippen LogP) is 4.61. The van der Waals surface area contributed by atoms with Gasteiger partial charge in [-0.05, 0) is 54.9 Å². The van der Waals surface area contributed by atoms with Crippen LogP contribution in [0.5, 0.6) is 0 Å². The van der Waals surface area contributed by atoms with E-state index in [9.17, 15) is 0 Å². The van der Waals surface area contributed by atoms with Crippen LogP contribution in [0.1, 0.15) is 56.9 Å². The topological polar surface area (TPSA) is 12.0 Å². The minimum Gasteiger partial charge on any atom is -0.306 e. The van der Waals surface area contributed by atoms with E-state index < -0.39 is 0 Å². The van der Waals surface area contributed by atoms with E-state index in [0.29, 0.717) is 6.04 Å². The van der Waals surface area contributed by atoms with Gasteiger partial charge in [0.1, 0.15) is 0 Å². The van der Waals surface area contributed by atoms with Crippen molar-refractivity contribution in [3.05, 3.63) is 22.4 Å². The van der Waals surface area contributed by atoms with Gasteiger partial charge < -0.3 is 5.32 Å². The summed E-state index contributed by atoms with van der Waals surface area (Å²) in [7, 11) is 0. The van der Waals surface area contributed by atoms with Crippen molar-refractivity contribution < 1.29 is 0 Å². The van der Waals surface area contributed by atoms with E-state index in [4.69, 9.17) is 0 Å². The molecule has 2 aliphatic rings. The Morgan fingerprint density at radius 1 is 1.33 bits per heavy atom. The highest BCUT2D eigenvalue weighted by molar-refractivity contribution is 7.10. The van der Waals surface area contributed by atoms with Crippen LogP contribution in [-0.4, -0.2) is 6.04 Å². The molecule has 1 aromatic rings. The number of hydrogen-bond acceptors (Lipinski definition) is 2. The van der Waals surface area contributed by atoms with Crippen LogP contribution in [0.25, 0.3) is 0 Å². The van der Waals surface area contributed by atoms with Crippen molar-refractivity contribution in [2.75, 3.05) is 0 Å². The first-order valence-electron chi connectivity index (χ1n) is 7.59. The highest BCUT2D eigenvalue weighted by Gasteiger charge is 2.38. The van der Waals surface area contributed by atoms with E-state index >= 15 is 0 Å². The lowest BCUT2D eigenvalue weighted by atomic mass is 9.93. The monoisotopic (exact) mass is 263 g/mol. The van der Waals surface area contributed by atoms with E-state index in [1.807, 2.05) is 11.3 Å². The van der Waals surface area contributed by atoms with Crippen LogP contribution < -0.4 is 5.32 Å². The fraction of sp³-hybridized carbons (Fsp3) is 0.750. The third kappa shape index (κ3) is 2.50. The molecule has 1 aromatic heterocycles. The molecule has 18 heavy (non-hydrogen) atoms. The first-order chi connectivity index (χ1) is 8.79. The molecule has 0 saturated heterocycles. The maximum Gasteiger partial charge on any atom is 0.0445 e. The summed E-state index contributed by atoms with van der Waals surface area (Å²) < 4.78 is 0. The molecule has 4 atom stereocenters. The second-order valence-corrected chi connectivity index (χ2v) is 7.19. The second kappa shape index (κ2) is 5.34. The number of rotatable bonds is 5. The van der Waals surface area contributed by atoms with Crippen molar-refractivity contribution in [1.82, 2.24) is 5.32 Å². The molecule has 0 bridgehead atoms. The van der Waals surface area contributed by atoms with Crippen LogP contribution in [-0.2, 0) is 0 Å². The van der Waals surface area contributed by atoms with Crippen LogP contribution in [0.15, 0.2) is 17.5 Å². The predicted molar refractivity (Wildman–Crippen MR) is 78.9 cm³/mol. The molecule has 0 aliphatic heterocycles. The number of hydrogen-bond donors (Lipinski definition) is 1. The average Bonchev–Trinajstić information content (AvgIpc) is 2.95. The molecule has 0 radical (unpaired) electrons. The van der Waals surface area contributed by atoms with Gasteiger partial charge in [0.15, 0.2) is 0 Å². The molecule has 2 heteroatoms. The van der Waals surface area contributed by atoms with Crippen LogP contribution in [0, 0.1) is 17.8 Å². The zero-order chi connectivity index (χ0) is 12.5. The summed E-state index contributed by atoms with van der Waals surface area (Å²) in [6.07, 6.45) is 7.01. The molecule has 2 saturated carbocycles. The molecule has 100 valence electrons. The van der Waals surface area contributed by atoms with E-state index in [0.717, 1.165) is 23.8 Å². The van der Waals surface area contributed by atoms with Crippen molar-refractivity contribution in [2.24, 2.45) is 17.8 Å². The molecular weight excluding hydrogens is 238 g/mol. The van der Waals surface area contributed by atoms with Crippen molar-refractivity contribution >= 4 is 11.3 Å². The largest absolute Gasteiger partial charge is 0.306 e. The summed E-state index contributed by atoms with van der Waals surface area (Å²) in [6.45, 7) is 4.80. The summed E-state index contributed by atoms with van der Waals surface area (Å²) in [6, 6.07) is 5.91.